The van der Waals surface area contributed by atoms with Crippen LogP contribution in [0.2, 0.25) is 0 Å². The summed E-state index contributed by atoms with van der Waals surface area (Å²) < 4.78 is 0. The number of aliphatic carboxylic acids is 1. The van der Waals surface area contributed by atoms with Crippen molar-refractivity contribution in [1.82, 2.24) is 10.6 Å². The fourth-order valence-corrected chi connectivity index (χ4v) is 1.77. The van der Waals surface area contributed by atoms with Gasteiger partial charge in [-0.1, -0.05) is 29.8 Å². The molecular formula is C14H20N2O4. The van der Waals surface area contributed by atoms with Crippen molar-refractivity contribution in [3.8, 4) is 0 Å². The molecule has 0 bridgehead atoms. The number of carbonyl (C=O) groups is 2. The number of aliphatic hydroxyl groups is 1. The van der Waals surface area contributed by atoms with Crippen molar-refractivity contribution < 1.29 is 19.8 Å². The van der Waals surface area contributed by atoms with Gasteiger partial charge >= 0.3 is 12.0 Å². The first-order chi connectivity index (χ1) is 9.40. The number of hydrogen-bond donors (Lipinski definition) is 4. The number of hydrogen-bond acceptors (Lipinski definition) is 3. The Bertz CT molecular complexity index is 474. The molecule has 0 aromatic heterocycles. The number of benzene rings is 1. The van der Waals surface area contributed by atoms with Gasteiger partial charge in [0.1, 0.15) is 0 Å². The smallest absolute Gasteiger partial charge is 0.328 e. The molecule has 6 nitrogen and oxygen atoms in total. The monoisotopic (exact) mass is 280 g/mol. The molecule has 0 saturated heterocycles. The van der Waals surface area contributed by atoms with Gasteiger partial charge < -0.3 is 20.8 Å². The molecule has 0 heterocycles. The Labute approximate surface area is 117 Å². The number of rotatable bonds is 6. The Morgan fingerprint density at radius 2 is 2.05 bits per heavy atom. The summed E-state index contributed by atoms with van der Waals surface area (Å²) in [4.78, 5) is 22.3. The minimum Gasteiger partial charge on any atom is -0.480 e. The van der Waals surface area contributed by atoms with Crippen molar-refractivity contribution in [2.45, 2.75) is 32.4 Å². The first-order valence-electron chi connectivity index (χ1n) is 6.41. The zero-order chi connectivity index (χ0) is 15.1. The lowest BCUT2D eigenvalue weighted by Crippen LogP contribution is -2.51. The lowest BCUT2D eigenvalue weighted by atomic mass is 10.1. The highest BCUT2D eigenvalue weighted by Crippen LogP contribution is 2.03. The van der Waals surface area contributed by atoms with Gasteiger partial charge in [0.15, 0.2) is 6.04 Å². The quantitative estimate of drug-likeness (QED) is 0.615. The second-order valence-corrected chi connectivity index (χ2v) is 4.70. The molecule has 0 aliphatic carbocycles. The molecule has 0 saturated carbocycles. The van der Waals surface area contributed by atoms with Crippen molar-refractivity contribution in [1.29, 1.82) is 0 Å². The number of aliphatic hydroxyl groups excluding tert-OH is 1. The predicted octanol–water partition coefficient (Wildman–Crippen LogP) is 0.671. The van der Waals surface area contributed by atoms with Gasteiger partial charge in [-0.2, -0.15) is 0 Å². The van der Waals surface area contributed by atoms with E-state index >= 15 is 0 Å². The van der Waals surface area contributed by atoms with E-state index in [1.807, 2.05) is 31.2 Å². The molecule has 1 aromatic carbocycles. The van der Waals surface area contributed by atoms with E-state index in [-0.39, 0.29) is 0 Å². The third kappa shape index (κ3) is 5.27. The Hall–Kier alpha value is -2.08. The van der Waals surface area contributed by atoms with E-state index in [0.29, 0.717) is 13.0 Å². The average Bonchev–Trinajstić information content (AvgIpc) is 2.35. The molecule has 2 amide bonds. The molecule has 20 heavy (non-hydrogen) atoms. The first kappa shape index (κ1) is 16.0. The van der Waals surface area contributed by atoms with Crippen molar-refractivity contribution in [3.63, 3.8) is 0 Å². The number of aryl methyl sites for hydroxylation is 1. The van der Waals surface area contributed by atoms with E-state index in [1.165, 1.54) is 6.92 Å². The van der Waals surface area contributed by atoms with Crippen LogP contribution in [0.15, 0.2) is 24.3 Å². The summed E-state index contributed by atoms with van der Waals surface area (Å²) in [6.45, 7) is 3.69. The second-order valence-electron chi connectivity index (χ2n) is 4.70. The van der Waals surface area contributed by atoms with Crippen molar-refractivity contribution in [2.75, 3.05) is 6.54 Å². The van der Waals surface area contributed by atoms with Gasteiger partial charge in [0, 0.05) is 6.54 Å². The lowest BCUT2D eigenvalue weighted by molar-refractivity contribution is -0.141. The van der Waals surface area contributed by atoms with E-state index in [1.54, 1.807) is 0 Å². The standard InChI is InChI=1S/C14H20N2O4/c1-9-4-3-5-11(8-9)6-7-15-14(20)16-12(10(2)17)13(18)19/h3-5,8,10,12,17H,6-7H2,1-2H3,(H,18,19)(H2,15,16,20)/t10-,12+/m1/s1. The molecule has 6 heteroatoms. The van der Waals surface area contributed by atoms with E-state index in [0.717, 1.165) is 11.1 Å². The summed E-state index contributed by atoms with van der Waals surface area (Å²) in [6.07, 6.45) is -0.503. The van der Waals surface area contributed by atoms with Crippen LogP contribution in [0.5, 0.6) is 0 Å². The number of carboxylic acids is 1. The Balaban J connectivity index is 2.38. The van der Waals surface area contributed by atoms with Crippen LogP contribution in [0.1, 0.15) is 18.1 Å². The lowest BCUT2D eigenvalue weighted by Gasteiger charge is -2.17. The molecule has 1 rings (SSSR count). The zero-order valence-corrected chi connectivity index (χ0v) is 11.6. The zero-order valence-electron chi connectivity index (χ0n) is 11.6. The number of amides is 2. The molecule has 1 aromatic rings. The van der Waals surface area contributed by atoms with Gasteiger partial charge in [-0.25, -0.2) is 9.59 Å². The highest BCUT2D eigenvalue weighted by atomic mass is 16.4. The number of nitrogens with one attached hydrogen (secondary N) is 2. The minimum absolute atomic E-state index is 0.390. The molecule has 0 aliphatic heterocycles. The minimum atomic E-state index is -1.31. The topological polar surface area (TPSA) is 98.7 Å². The summed E-state index contributed by atoms with van der Waals surface area (Å²) in [5, 5.41) is 22.8. The van der Waals surface area contributed by atoms with Gasteiger partial charge in [-0.3, -0.25) is 0 Å². The van der Waals surface area contributed by atoms with E-state index in [4.69, 9.17) is 5.11 Å². The van der Waals surface area contributed by atoms with Crippen LogP contribution in [-0.4, -0.2) is 40.9 Å². The van der Waals surface area contributed by atoms with Gasteiger partial charge in [-0.05, 0) is 25.8 Å². The van der Waals surface area contributed by atoms with Crippen LogP contribution in [0.4, 0.5) is 4.79 Å². The SMILES string of the molecule is Cc1cccc(CCNC(=O)N[C@H](C(=O)O)[C@@H](C)O)c1. The molecule has 0 radical (unpaired) electrons. The maximum absolute atomic E-state index is 11.5. The van der Waals surface area contributed by atoms with Crippen molar-refractivity contribution >= 4 is 12.0 Å². The van der Waals surface area contributed by atoms with Crippen LogP contribution in [0.3, 0.4) is 0 Å². The molecule has 0 spiro atoms. The van der Waals surface area contributed by atoms with Gasteiger partial charge in [-0.15, -0.1) is 0 Å². The third-order valence-corrected chi connectivity index (χ3v) is 2.82. The van der Waals surface area contributed by atoms with E-state index in [2.05, 4.69) is 10.6 Å². The molecule has 4 N–H and O–H groups in total. The highest BCUT2D eigenvalue weighted by Gasteiger charge is 2.24. The van der Waals surface area contributed by atoms with Gasteiger partial charge in [0.25, 0.3) is 0 Å². The van der Waals surface area contributed by atoms with Crippen LogP contribution < -0.4 is 10.6 Å². The Morgan fingerprint density at radius 1 is 1.35 bits per heavy atom. The maximum atomic E-state index is 11.5. The molecule has 0 unspecified atom stereocenters. The Kier molecular flexibility index (Phi) is 5.99. The third-order valence-electron chi connectivity index (χ3n) is 2.82. The number of carboxylic acid groups (broad SMARTS) is 1. The van der Waals surface area contributed by atoms with Crippen LogP contribution in [-0.2, 0) is 11.2 Å². The summed E-state index contributed by atoms with van der Waals surface area (Å²) in [5.41, 5.74) is 2.24. The second kappa shape index (κ2) is 7.49. The molecule has 0 fully saturated rings. The van der Waals surface area contributed by atoms with Crippen molar-refractivity contribution in [3.05, 3.63) is 35.4 Å². The molecular weight excluding hydrogens is 260 g/mol. The van der Waals surface area contributed by atoms with Gasteiger partial charge in [0.05, 0.1) is 6.10 Å². The number of carbonyl (C=O) groups excluding carboxylic acids is 1. The molecule has 2 atom stereocenters. The van der Waals surface area contributed by atoms with E-state index in [9.17, 15) is 14.7 Å². The normalized spacial score (nSPS) is 13.3. The number of urea groups is 1. The van der Waals surface area contributed by atoms with E-state index < -0.39 is 24.1 Å². The summed E-state index contributed by atoms with van der Waals surface area (Å²) in [5.74, 6) is -1.27. The van der Waals surface area contributed by atoms with Gasteiger partial charge in [0.2, 0.25) is 0 Å². The molecule has 110 valence electrons. The summed E-state index contributed by atoms with van der Waals surface area (Å²) in [7, 11) is 0. The average molecular weight is 280 g/mol. The van der Waals surface area contributed by atoms with Crippen molar-refractivity contribution in [2.24, 2.45) is 0 Å². The summed E-state index contributed by atoms with van der Waals surface area (Å²) in [6, 6.07) is 6.00. The fraction of sp³-hybridized carbons (Fsp3) is 0.429. The largest absolute Gasteiger partial charge is 0.480 e. The Morgan fingerprint density at radius 3 is 2.60 bits per heavy atom. The fourth-order valence-electron chi connectivity index (χ4n) is 1.77. The highest BCUT2D eigenvalue weighted by molar-refractivity contribution is 5.82. The predicted molar refractivity (Wildman–Crippen MR) is 74.5 cm³/mol. The molecule has 0 aliphatic rings. The van der Waals surface area contributed by atoms with Crippen LogP contribution >= 0.6 is 0 Å². The van der Waals surface area contributed by atoms with Crippen LogP contribution in [0.25, 0.3) is 0 Å². The first-order valence-corrected chi connectivity index (χ1v) is 6.41. The maximum Gasteiger partial charge on any atom is 0.328 e. The van der Waals surface area contributed by atoms with Crippen LogP contribution in [0, 0.1) is 6.92 Å². The summed E-state index contributed by atoms with van der Waals surface area (Å²) >= 11 is 0.